The van der Waals surface area contributed by atoms with Gasteiger partial charge in [-0.25, -0.2) is 13.8 Å². The second-order valence-electron chi connectivity index (χ2n) is 3.56. The van der Waals surface area contributed by atoms with Crippen molar-refractivity contribution in [2.75, 3.05) is 6.61 Å². The van der Waals surface area contributed by atoms with Crippen LogP contribution >= 0.6 is 15.9 Å². The molecule has 1 heterocycles. The molecular formula is C12H11BrF2N2O2. The van der Waals surface area contributed by atoms with Crippen molar-refractivity contribution >= 4 is 21.9 Å². The average Bonchev–Trinajstić information content (AvgIpc) is 2.38. The van der Waals surface area contributed by atoms with E-state index in [4.69, 9.17) is 10.00 Å². The minimum absolute atomic E-state index is 0.159. The molecule has 0 aliphatic carbocycles. The van der Waals surface area contributed by atoms with Crippen molar-refractivity contribution in [2.45, 2.75) is 25.1 Å². The van der Waals surface area contributed by atoms with Crippen LogP contribution in [0.25, 0.3) is 0 Å². The van der Waals surface area contributed by atoms with Crippen LogP contribution in [-0.4, -0.2) is 17.6 Å². The summed E-state index contributed by atoms with van der Waals surface area (Å²) in [5.41, 5.74) is 0.121. The number of hydrogen-bond donors (Lipinski definition) is 0. The van der Waals surface area contributed by atoms with Gasteiger partial charge in [-0.2, -0.15) is 5.26 Å². The zero-order valence-corrected chi connectivity index (χ0v) is 11.7. The number of carbonyl (C=O) groups is 1. The molecule has 0 aromatic carbocycles. The van der Waals surface area contributed by atoms with E-state index in [1.165, 1.54) is 6.07 Å². The highest BCUT2D eigenvalue weighted by molar-refractivity contribution is 9.08. The Morgan fingerprint density at radius 1 is 1.63 bits per heavy atom. The van der Waals surface area contributed by atoms with Crippen molar-refractivity contribution in [3.05, 3.63) is 28.6 Å². The molecule has 19 heavy (non-hydrogen) atoms. The summed E-state index contributed by atoms with van der Waals surface area (Å²) in [5, 5.41) is 9.21. The lowest BCUT2D eigenvalue weighted by Crippen LogP contribution is -2.12. The molecule has 0 atom stereocenters. The lowest BCUT2D eigenvalue weighted by molar-refractivity contribution is -0.142. The van der Waals surface area contributed by atoms with E-state index >= 15 is 0 Å². The molecule has 7 heteroatoms. The van der Waals surface area contributed by atoms with E-state index in [9.17, 15) is 13.6 Å². The number of ether oxygens (including phenoxy) is 1. The number of rotatable bonds is 5. The van der Waals surface area contributed by atoms with Gasteiger partial charge in [-0.05, 0) is 18.6 Å². The molecule has 0 N–H and O–H groups in total. The van der Waals surface area contributed by atoms with Crippen molar-refractivity contribution < 1.29 is 18.3 Å². The molecule has 0 saturated heterocycles. The van der Waals surface area contributed by atoms with Crippen LogP contribution in [0.15, 0.2) is 6.07 Å². The van der Waals surface area contributed by atoms with Crippen LogP contribution < -0.4 is 0 Å². The maximum absolute atomic E-state index is 12.6. The third kappa shape index (κ3) is 3.96. The number of halogens is 3. The summed E-state index contributed by atoms with van der Waals surface area (Å²) in [4.78, 5) is 15.0. The molecule has 0 unspecified atom stereocenters. The monoisotopic (exact) mass is 332 g/mol. The van der Waals surface area contributed by atoms with Gasteiger partial charge in [0.1, 0.15) is 17.5 Å². The standard InChI is InChI=1S/C12H11BrF2N2O2/c1-2-19-11(18)4-8-7(5-13)3-9(12(14)15)17-10(8)6-16/h3,12H,2,4-5H2,1H3. The first-order chi connectivity index (χ1) is 9.03. The number of carbonyl (C=O) groups excluding carboxylic acids is 1. The smallest absolute Gasteiger partial charge is 0.310 e. The molecule has 0 amide bonds. The number of nitrogens with zero attached hydrogens (tertiary/aromatic N) is 2. The van der Waals surface area contributed by atoms with Crippen LogP contribution in [0, 0.1) is 11.3 Å². The topological polar surface area (TPSA) is 63.0 Å². The molecular weight excluding hydrogens is 322 g/mol. The van der Waals surface area contributed by atoms with Gasteiger partial charge in [0.25, 0.3) is 6.43 Å². The molecule has 0 aliphatic heterocycles. The average molecular weight is 333 g/mol. The lowest BCUT2D eigenvalue weighted by Gasteiger charge is -2.10. The molecule has 1 aromatic heterocycles. The molecule has 4 nitrogen and oxygen atoms in total. The highest BCUT2D eigenvalue weighted by Gasteiger charge is 2.19. The van der Waals surface area contributed by atoms with E-state index in [2.05, 4.69) is 20.9 Å². The number of esters is 1. The predicted octanol–water partition coefficient (Wildman–Crippen LogP) is 2.89. The fraction of sp³-hybridized carbons (Fsp3) is 0.417. The summed E-state index contributed by atoms with van der Waals surface area (Å²) in [6.07, 6.45) is -2.92. The first kappa shape index (κ1) is 15.5. The van der Waals surface area contributed by atoms with Gasteiger partial charge in [0.2, 0.25) is 0 Å². The van der Waals surface area contributed by atoms with Crippen LogP contribution in [0.1, 0.15) is 35.9 Å². The van der Waals surface area contributed by atoms with E-state index in [0.29, 0.717) is 11.1 Å². The van der Waals surface area contributed by atoms with E-state index < -0.39 is 18.1 Å². The molecule has 102 valence electrons. The van der Waals surface area contributed by atoms with Gasteiger partial charge in [0.05, 0.1) is 13.0 Å². The largest absolute Gasteiger partial charge is 0.466 e. The number of aromatic nitrogens is 1. The van der Waals surface area contributed by atoms with E-state index in [-0.39, 0.29) is 24.1 Å². The van der Waals surface area contributed by atoms with E-state index in [0.717, 1.165) is 0 Å². The molecule has 0 bridgehead atoms. The van der Waals surface area contributed by atoms with Crippen LogP contribution in [0.4, 0.5) is 8.78 Å². The quantitative estimate of drug-likeness (QED) is 0.614. The summed E-state index contributed by atoms with van der Waals surface area (Å²) < 4.78 is 30.1. The van der Waals surface area contributed by atoms with E-state index in [1.807, 2.05) is 0 Å². The number of nitriles is 1. The maximum Gasteiger partial charge on any atom is 0.310 e. The highest BCUT2D eigenvalue weighted by atomic mass is 79.9. The second kappa shape index (κ2) is 7.14. The van der Waals surface area contributed by atoms with Crippen molar-refractivity contribution in [2.24, 2.45) is 0 Å². The number of pyridine rings is 1. The Bertz CT molecular complexity index is 515. The molecule has 0 saturated carbocycles. The van der Waals surface area contributed by atoms with Crippen LogP contribution in [0.2, 0.25) is 0 Å². The predicted molar refractivity (Wildman–Crippen MR) is 66.9 cm³/mol. The van der Waals surface area contributed by atoms with Gasteiger partial charge in [0, 0.05) is 10.9 Å². The third-order valence-corrected chi connectivity index (χ3v) is 2.94. The Kier molecular flexibility index (Phi) is 5.83. The fourth-order valence-corrected chi connectivity index (χ4v) is 2.02. The first-order valence-electron chi connectivity index (χ1n) is 5.46. The Labute approximate surface area is 117 Å². The third-order valence-electron chi connectivity index (χ3n) is 2.34. The number of alkyl halides is 3. The zero-order valence-electron chi connectivity index (χ0n) is 10.1. The van der Waals surface area contributed by atoms with E-state index in [1.54, 1.807) is 13.0 Å². The molecule has 0 radical (unpaired) electrons. The summed E-state index contributed by atoms with van der Waals surface area (Å²) in [7, 11) is 0. The minimum atomic E-state index is -2.76. The molecule has 0 spiro atoms. The highest BCUT2D eigenvalue weighted by Crippen LogP contribution is 2.24. The van der Waals surface area contributed by atoms with Crippen molar-refractivity contribution in [3.63, 3.8) is 0 Å². The van der Waals surface area contributed by atoms with Gasteiger partial charge in [-0.1, -0.05) is 15.9 Å². The summed E-state index contributed by atoms with van der Waals surface area (Å²) >= 11 is 3.15. The van der Waals surface area contributed by atoms with Crippen molar-refractivity contribution in [3.8, 4) is 6.07 Å². The lowest BCUT2D eigenvalue weighted by atomic mass is 10.0. The first-order valence-corrected chi connectivity index (χ1v) is 6.58. The van der Waals surface area contributed by atoms with Gasteiger partial charge in [0.15, 0.2) is 0 Å². The van der Waals surface area contributed by atoms with Crippen LogP contribution in [0.3, 0.4) is 0 Å². The Balaban J connectivity index is 3.22. The maximum atomic E-state index is 12.6. The van der Waals surface area contributed by atoms with Crippen LogP contribution in [0.5, 0.6) is 0 Å². The summed E-state index contributed by atoms with van der Waals surface area (Å²) in [6.45, 7) is 1.87. The van der Waals surface area contributed by atoms with Gasteiger partial charge in [-0.3, -0.25) is 4.79 Å². The van der Waals surface area contributed by atoms with Gasteiger partial charge < -0.3 is 4.74 Å². The van der Waals surface area contributed by atoms with Gasteiger partial charge >= 0.3 is 5.97 Å². The normalized spacial score (nSPS) is 10.3. The Hall–Kier alpha value is -1.55. The molecule has 0 fully saturated rings. The van der Waals surface area contributed by atoms with Gasteiger partial charge in [-0.15, -0.1) is 0 Å². The van der Waals surface area contributed by atoms with Crippen molar-refractivity contribution in [1.82, 2.24) is 4.98 Å². The molecule has 0 aliphatic rings. The molecule has 1 aromatic rings. The van der Waals surface area contributed by atoms with Crippen molar-refractivity contribution in [1.29, 1.82) is 5.26 Å². The summed E-state index contributed by atoms with van der Waals surface area (Å²) in [5.74, 6) is -0.521. The second-order valence-corrected chi connectivity index (χ2v) is 4.12. The zero-order chi connectivity index (χ0) is 14.4. The summed E-state index contributed by atoms with van der Waals surface area (Å²) in [6, 6.07) is 2.93. The number of hydrogen-bond acceptors (Lipinski definition) is 4. The Morgan fingerprint density at radius 2 is 2.32 bits per heavy atom. The fourth-order valence-electron chi connectivity index (χ4n) is 1.52. The SMILES string of the molecule is CCOC(=O)Cc1c(CBr)cc(C(F)F)nc1C#N. The molecule has 1 rings (SSSR count). The van der Waals surface area contributed by atoms with Crippen LogP contribution in [-0.2, 0) is 21.3 Å². The minimum Gasteiger partial charge on any atom is -0.466 e. The Morgan fingerprint density at radius 3 is 2.79 bits per heavy atom.